The van der Waals surface area contributed by atoms with Gasteiger partial charge in [0.05, 0.1) is 25.3 Å². The van der Waals surface area contributed by atoms with Gasteiger partial charge in [-0.05, 0) is 60.0 Å². The Kier molecular flexibility index (Phi) is 8.52. The Hall–Kier alpha value is -4.29. The van der Waals surface area contributed by atoms with Crippen molar-refractivity contribution in [2.45, 2.75) is 12.4 Å². The van der Waals surface area contributed by atoms with E-state index in [4.69, 9.17) is 9.47 Å². The van der Waals surface area contributed by atoms with E-state index in [1.54, 1.807) is 72.8 Å². The molecule has 1 unspecified atom stereocenters. The normalized spacial score (nSPS) is 12.6. The van der Waals surface area contributed by atoms with Crippen LogP contribution in [0.4, 0.5) is 26.3 Å². The Labute approximate surface area is 246 Å². The maximum absolute atomic E-state index is 14.1. The highest BCUT2D eigenvalue weighted by Gasteiger charge is 2.38. The summed E-state index contributed by atoms with van der Waals surface area (Å²) in [5.74, 6) is 1.01. The number of benzene rings is 5. The minimum Gasteiger partial charge on any atom is -0.496 e. The summed E-state index contributed by atoms with van der Waals surface area (Å²) in [6.45, 7) is 0. The van der Waals surface area contributed by atoms with Crippen molar-refractivity contribution in [1.82, 2.24) is 0 Å². The molecule has 43 heavy (non-hydrogen) atoms. The second-order valence-corrected chi connectivity index (χ2v) is 11.7. The van der Waals surface area contributed by atoms with Crippen molar-refractivity contribution in [1.29, 1.82) is 0 Å². The van der Waals surface area contributed by atoms with Gasteiger partial charge in [0.15, 0.2) is 0 Å². The van der Waals surface area contributed by atoms with E-state index in [1.807, 2.05) is 24.3 Å². The Morgan fingerprint density at radius 3 is 1.33 bits per heavy atom. The maximum Gasteiger partial charge on any atom is 0.416 e. The van der Waals surface area contributed by atoms with Crippen LogP contribution in [0.15, 0.2) is 115 Å². The van der Waals surface area contributed by atoms with E-state index in [2.05, 4.69) is 0 Å². The topological polar surface area (TPSA) is 18.5 Å². The van der Waals surface area contributed by atoms with Crippen molar-refractivity contribution in [2.24, 2.45) is 0 Å². The van der Waals surface area contributed by atoms with Crippen molar-refractivity contribution in [3.8, 4) is 33.8 Å². The lowest BCUT2D eigenvalue weighted by Crippen LogP contribution is -2.26. The highest BCUT2D eigenvalue weighted by atomic mass is 31.1. The predicted octanol–water partition coefficient (Wildman–Crippen LogP) is 8.83. The number of para-hydroxylation sites is 2. The summed E-state index contributed by atoms with van der Waals surface area (Å²) in [6, 6.07) is 30.2. The minimum atomic E-state index is -5.00. The standard InChI is InChI=1S/C34H25F6O2P/c1-41-30-17-8-6-13-26(30)28-15-10-16-29(27-14-7-9-18-31(27)42-2)32(28)43(24-11-4-3-5-12-24)25-20-22(33(35,36)37)19-23(21-25)34(38,39)40/h3-21H,1-2H3. The van der Waals surface area contributed by atoms with E-state index >= 15 is 0 Å². The molecule has 0 aromatic heterocycles. The van der Waals surface area contributed by atoms with Crippen molar-refractivity contribution in [3.63, 3.8) is 0 Å². The van der Waals surface area contributed by atoms with E-state index in [1.165, 1.54) is 14.2 Å². The van der Waals surface area contributed by atoms with E-state index in [-0.39, 0.29) is 11.4 Å². The summed E-state index contributed by atoms with van der Waals surface area (Å²) < 4.78 is 95.9. The molecule has 2 nitrogen and oxygen atoms in total. The molecule has 0 aliphatic heterocycles. The molecule has 0 bridgehead atoms. The number of hydrogen-bond donors (Lipinski definition) is 0. The molecular formula is C34H25F6O2P. The van der Waals surface area contributed by atoms with Crippen LogP contribution in [0, 0.1) is 0 Å². The quantitative estimate of drug-likeness (QED) is 0.135. The Balaban J connectivity index is 1.95. The van der Waals surface area contributed by atoms with Gasteiger partial charge in [-0.2, -0.15) is 26.3 Å². The molecule has 0 heterocycles. The lowest BCUT2D eigenvalue weighted by molar-refractivity contribution is -0.142. The van der Waals surface area contributed by atoms with E-state index < -0.39 is 31.4 Å². The average molecular weight is 611 g/mol. The van der Waals surface area contributed by atoms with Gasteiger partial charge in [-0.15, -0.1) is 0 Å². The van der Waals surface area contributed by atoms with Crippen molar-refractivity contribution in [3.05, 3.63) is 126 Å². The van der Waals surface area contributed by atoms with Gasteiger partial charge < -0.3 is 9.47 Å². The fraction of sp³-hybridized carbons (Fsp3) is 0.118. The highest BCUT2D eigenvalue weighted by molar-refractivity contribution is 7.80. The average Bonchev–Trinajstić information content (AvgIpc) is 3.01. The molecule has 0 radical (unpaired) electrons. The minimum absolute atomic E-state index is 0.0955. The monoisotopic (exact) mass is 610 g/mol. The molecule has 9 heteroatoms. The number of halogens is 6. The fourth-order valence-electron chi connectivity index (χ4n) is 5.01. The molecule has 0 spiro atoms. The molecule has 220 valence electrons. The number of alkyl halides is 6. The summed E-state index contributed by atoms with van der Waals surface area (Å²) in [7, 11) is 1.00. The second kappa shape index (κ2) is 12.1. The van der Waals surface area contributed by atoms with Gasteiger partial charge in [-0.1, -0.05) is 84.9 Å². The van der Waals surface area contributed by atoms with Gasteiger partial charge in [-0.3, -0.25) is 0 Å². The van der Waals surface area contributed by atoms with Crippen LogP contribution in [0.2, 0.25) is 0 Å². The van der Waals surface area contributed by atoms with Crippen LogP contribution in [0.5, 0.6) is 11.5 Å². The molecule has 0 aliphatic rings. The van der Waals surface area contributed by atoms with Gasteiger partial charge in [0.1, 0.15) is 11.5 Å². The number of methoxy groups -OCH3 is 2. The first kappa shape index (κ1) is 30.2. The first-order chi connectivity index (χ1) is 20.5. The SMILES string of the molecule is COc1ccccc1-c1cccc(-c2ccccc2OC)c1P(c1ccccc1)c1cc(C(F)(F)F)cc(C(F)(F)F)c1. The van der Waals surface area contributed by atoms with Gasteiger partial charge in [0, 0.05) is 16.4 Å². The van der Waals surface area contributed by atoms with Crippen LogP contribution in [0.25, 0.3) is 22.3 Å². The zero-order valence-electron chi connectivity index (χ0n) is 23.0. The third-order valence-corrected chi connectivity index (χ3v) is 9.42. The zero-order valence-corrected chi connectivity index (χ0v) is 23.9. The van der Waals surface area contributed by atoms with E-state index in [9.17, 15) is 26.3 Å². The molecule has 0 amide bonds. The largest absolute Gasteiger partial charge is 0.496 e. The van der Waals surface area contributed by atoms with Crippen molar-refractivity contribution < 1.29 is 35.8 Å². The van der Waals surface area contributed by atoms with Crippen LogP contribution in [-0.4, -0.2) is 14.2 Å². The molecular weight excluding hydrogens is 585 g/mol. The van der Waals surface area contributed by atoms with Crippen LogP contribution >= 0.6 is 7.92 Å². The van der Waals surface area contributed by atoms with Crippen molar-refractivity contribution in [2.75, 3.05) is 14.2 Å². The smallest absolute Gasteiger partial charge is 0.416 e. The van der Waals surface area contributed by atoms with Crippen LogP contribution in [-0.2, 0) is 12.4 Å². The van der Waals surface area contributed by atoms with Gasteiger partial charge in [0.2, 0.25) is 0 Å². The predicted molar refractivity (Wildman–Crippen MR) is 159 cm³/mol. The number of ether oxygens (including phenoxy) is 2. The molecule has 5 aromatic carbocycles. The molecule has 0 aliphatic carbocycles. The van der Waals surface area contributed by atoms with Gasteiger partial charge >= 0.3 is 12.4 Å². The van der Waals surface area contributed by atoms with Crippen LogP contribution in [0.1, 0.15) is 11.1 Å². The van der Waals surface area contributed by atoms with Crippen LogP contribution in [0.3, 0.4) is 0 Å². The zero-order chi connectivity index (χ0) is 30.8. The lowest BCUT2D eigenvalue weighted by Gasteiger charge is -2.28. The summed E-state index contributed by atoms with van der Waals surface area (Å²) in [5, 5.41) is 1.04. The van der Waals surface area contributed by atoms with E-state index in [0.29, 0.717) is 44.4 Å². The fourth-order valence-corrected chi connectivity index (χ4v) is 7.70. The Morgan fingerprint density at radius 1 is 0.465 bits per heavy atom. The molecule has 5 rings (SSSR count). The Morgan fingerprint density at radius 2 is 0.884 bits per heavy atom. The van der Waals surface area contributed by atoms with Gasteiger partial charge in [0.25, 0.3) is 0 Å². The summed E-state index contributed by atoms with van der Waals surface area (Å²) in [5.41, 5.74) is -0.223. The van der Waals surface area contributed by atoms with Crippen molar-refractivity contribution >= 4 is 23.8 Å². The summed E-state index contributed by atoms with van der Waals surface area (Å²) in [4.78, 5) is 0. The molecule has 0 N–H and O–H groups in total. The van der Waals surface area contributed by atoms with Gasteiger partial charge in [-0.25, -0.2) is 0 Å². The third kappa shape index (κ3) is 6.25. The molecule has 0 fully saturated rings. The summed E-state index contributed by atoms with van der Waals surface area (Å²) in [6.07, 6.45) is -10.00. The second-order valence-electron chi connectivity index (χ2n) is 9.54. The molecule has 5 aromatic rings. The maximum atomic E-state index is 14.1. The third-order valence-electron chi connectivity index (χ3n) is 6.90. The van der Waals surface area contributed by atoms with E-state index in [0.717, 1.165) is 12.1 Å². The first-order valence-electron chi connectivity index (χ1n) is 13.1. The van der Waals surface area contributed by atoms with Crippen LogP contribution < -0.4 is 25.4 Å². The highest BCUT2D eigenvalue weighted by Crippen LogP contribution is 2.46. The lowest BCUT2D eigenvalue weighted by atomic mass is 9.97. The molecule has 0 saturated carbocycles. The first-order valence-corrected chi connectivity index (χ1v) is 14.4. The Bertz CT molecular complexity index is 1630. The summed E-state index contributed by atoms with van der Waals surface area (Å²) >= 11 is 0. The molecule has 0 saturated heterocycles. The number of hydrogen-bond acceptors (Lipinski definition) is 2. The number of rotatable bonds is 7. The molecule has 1 atom stereocenters.